The first-order chi connectivity index (χ1) is 5.74. The molecule has 0 radical (unpaired) electrons. The van der Waals surface area contributed by atoms with Gasteiger partial charge in [0, 0.05) is 18.2 Å². The summed E-state index contributed by atoms with van der Waals surface area (Å²) in [4.78, 5) is 0. The highest BCUT2D eigenvalue weighted by Gasteiger charge is 2.00. The van der Waals surface area contributed by atoms with Gasteiger partial charge >= 0.3 is 0 Å². The van der Waals surface area contributed by atoms with Crippen LogP contribution in [0.4, 0.5) is 0 Å². The Bertz CT molecular complexity index is 263. The zero-order valence-electron chi connectivity index (χ0n) is 6.51. The molecule has 0 N–H and O–H groups in total. The lowest BCUT2D eigenvalue weighted by Gasteiger charge is -2.06. The van der Waals surface area contributed by atoms with Gasteiger partial charge in [0.15, 0.2) is 6.79 Å². The predicted molar refractivity (Wildman–Crippen MR) is 49.0 cm³/mol. The molecule has 0 heterocycles. The average molecular weight is 207 g/mol. The van der Waals surface area contributed by atoms with E-state index in [-0.39, 0.29) is 6.79 Å². The van der Waals surface area contributed by atoms with Crippen molar-refractivity contribution in [2.24, 2.45) is 0 Å². The van der Waals surface area contributed by atoms with Crippen molar-refractivity contribution < 1.29 is 9.47 Å². The topological polar surface area (TPSA) is 18.5 Å². The monoisotopic (exact) mass is 206 g/mol. The van der Waals surface area contributed by atoms with Crippen LogP contribution in [0.3, 0.4) is 0 Å². The van der Waals surface area contributed by atoms with Gasteiger partial charge in [0.05, 0.1) is 5.02 Å². The van der Waals surface area contributed by atoms with E-state index in [1.807, 2.05) is 0 Å². The summed E-state index contributed by atoms with van der Waals surface area (Å²) in [6, 6.07) is 5.02. The summed E-state index contributed by atoms with van der Waals surface area (Å²) < 4.78 is 9.84. The Kier molecular flexibility index (Phi) is 3.66. The van der Waals surface area contributed by atoms with Gasteiger partial charge in [-0.3, -0.25) is 0 Å². The Morgan fingerprint density at radius 3 is 2.75 bits per heavy atom. The van der Waals surface area contributed by atoms with E-state index in [9.17, 15) is 0 Å². The summed E-state index contributed by atoms with van der Waals surface area (Å²) in [5, 5.41) is 1.11. The zero-order chi connectivity index (χ0) is 8.97. The maximum absolute atomic E-state index is 5.79. The van der Waals surface area contributed by atoms with Crippen molar-refractivity contribution in [1.29, 1.82) is 0 Å². The van der Waals surface area contributed by atoms with E-state index in [1.165, 1.54) is 0 Å². The highest BCUT2D eigenvalue weighted by Crippen LogP contribution is 2.27. The maximum Gasteiger partial charge on any atom is 0.188 e. The molecule has 0 aliphatic heterocycles. The molecule has 4 heteroatoms. The second kappa shape index (κ2) is 4.55. The molecule has 0 saturated heterocycles. The molecule has 0 amide bonds. The van der Waals surface area contributed by atoms with Crippen LogP contribution in [0, 0.1) is 0 Å². The molecule has 0 spiro atoms. The number of rotatable bonds is 3. The van der Waals surface area contributed by atoms with Gasteiger partial charge in [-0.15, -0.1) is 0 Å². The minimum Gasteiger partial charge on any atom is -0.466 e. The predicted octanol–water partition coefficient (Wildman–Crippen LogP) is 2.98. The van der Waals surface area contributed by atoms with E-state index < -0.39 is 0 Å². The van der Waals surface area contributed by atoms with Crippen molar-refractivity contribution in [3.05, 3.63) is 28.2 Å². The van der Waals surface area contributed by atoms with E-state index in [0.29, 0.717) is 15.8 Å². The fourth-order valence-corrected chi connectivity index (χ4v) is 1.04. The number of halogens is 2. The van der Waals surface area contributed by atoms with E-state index in [2.05, 4.69) is 0 Å². The molecule has 1 rings (SSSR count). The van der Waals surface area contributed by atoms with Crippen molar-refractivity contribution >= 4 is 23.2 Å². The molecule has 12 heavy (non-hydrogen) atoms. The Hall–Kier alpha value is -0.440. The van der Waals surface area contributed by atoms with Crippen LogP contribution in [-0.4, -0.2) is 13.9 Å². The van der Waals surface area contributed by atoms with E-state index in [1.54, 1.807) is 25.3 Å². The number of ether oxygens (including phenoxy) is 2. The summed E-state index contributed by atoms with van der Waals surface area (Å²) in [5.41, 5.74) is 0. The fraction of sp³-hybridized carbons (Fsp3) is 0.250. The van der Waals surface area contributed by atoms with Gasteiger partial charge < -0.3 is 9.47 Å². The molecule has 66 valence electrons. The Balaban J connectivity index is 2.75. The quantitative estimate of drug-likeness (QED) is 0.709. The summed E-state index contributed by atoms with van der Waals surface area (Å²) in [5.74, 6) is 0.533. The Morgan fingerprint density at radius 1 is 1.33 bits per heavy atom. The van der Waals surface area contributed by atoms with E-state index in [4.69, 9.17) is 32.7 Å². The highest BCUT2D eigenvalue weighted by atomic mass is 35.5. The number of methoxy groups -OCH3 is 1. The molecule has 0 bridgehead atoms. The van der Waals surface area contributed by atoms with E-state index in [0.717, 1.165) is 0 Å². The molecule has 0 fully saturated rings. The van der Waals surface area contributed by atoms with Crippen LogP contribution in [0.5, 0.6) is 5.75 Å². The van der Waals surface area contributed by atoms with Gasteiger partial charge in [-0.05, 0) is 12.1 Å². The molecule has 0 aromatic heterocycles. The third-order valence-electron chi connectivity index (χ3n) is 1.23. The number of benzene rings is 1. The molecule has 1 aromatic rings. The van der Waals surface area contributed by atoms with Gasteiger partial charge in [0.25, 0.3) is 0 Å². The van der Waals surface area contributed by atoms with Gasteiger partial charge in [-0.2, -0.15) is 0 Å². The summed E-state index contributed by atoms with van der Waals surface area (Å²) in [6.07, 6.45) is 0. The SMILES string of the molecule is COCOc1cc(Cl)ccc1Cl. The molecule has 1 aromatic carbocycles. The lowest BCUT2D eigenvalue weighted by molar-refractivity contribution is 0.0512. The minimum atomic E-state index is 0.167. The second-order valence-electron chi connectivity index (χ2n) is 2.13. The summed E-state index contributed by atoms with van der Waals surface area (Å²) in [6.45, 7) is 0.167. The largest absolute Gasteiger partial charge is 0.466 e. The van der Waals surface area contributed by atoms with Crippen LogP contribution in [0.25, 0.3) is 0 Å². The zero-order valence-corrected chi connectivity index (χ0v) is 8.02. The van der Waals surface area contributed by atoms with Gasteiger partial charge in [0.2, 0.25) is 0 Å². The first-order valence-electron chi connectivity index (χ1n) is 3.31. The molecular weight excluding hydrogens is 199 g/mol. The Labute approximate surface area is 81.0 Å². The summed E-state index contributed by atoms with van der Waals surface area (Å²) >= 11 is 11.5. The van der Waals surface area contributed by atoms with Crippen molar-refractivity contribution in [2.45, 2.75) is 0 Å². The molecule has 0 aliphatic carbocycles. The molecule has 0 aliphatic rings. The third-order valence-corrected chi connectivity index (χ3v) is 1.77. The second-order valence-corrected chi connectivity index (χ2v) is 2.97. The first kappa shape index (κ1) is 9.65. The van der Waals surface area contributed by atoms with Crippen LogP contribution >= 0.6 is 23.2 Å². The fourth-order valence-electron chi connectivity index (χ4n) is 0.710. The van der Waals surface area contributed by atoms with Gasteiger partial charge in [-0.1, -0.05) is 23.2 Å². The molecule has 0 saturated carbocycles. The third kappa shape index (κ3) is 2.55. The van der Waals surface area contributed by atoms with Crippen LogP contribution in [-0.2, 0) is 4.74 Å². The normalized spacial score (nSPS) is 9.92. The van der Waals surface area contributed by atoms with Crippen LogP contribution < -0.4 is 4.74 Å². The van der Waals surface area contributed by atoms with Crippen LogP contribution in [0.15, 0.2) is 18.2 Å². The van der Waals surface area contributed by atoms with E-state index >= 15 is 0 Å². The number of hydrogen-bond donors (Lipinski definition) is 0. The van der Waals surface area contributed by atoms with Crippen molar-refractivity contribution in [3.63, 3.8) is 0 Å². The molecule has 2 nitrogen and oxygen atoms in total. The standard InChI is InChI=1S/C8H8Cl2O2/c1-11-5-12-8-4-6(9)2-3-7(8)10/h2-4H,5H2,1H3. The highest BCUT2D eigenvalue weighted by molar-refractivity contribution is 6.34. The first-order valence-corrected chi connectivity index (χ1v) is 4.06. The minimum absolute atomic E-state index is 0.167. The summed E-state index contributed by atoms with van der Waals surface area (Å²) in [7, 11) is 1.54. The average Bonchev–Trinajstić information content (AvgIpc) is 2.07. The molecule has 0 atom stereocenters. The lowest BCUT2D eigenvalue weighted by atomic mass is 10.3. The van der Waals surface area contributed by atoms with Crippen LogP contribution in [0.2, 0.25) is 10.0 Å². The van der Waals surface area contributed by atoms with Crippen molar-refractivity contribution in [1.82, 2.24) is 0 Å². The smallest absolute Gasteiger partial charge is 0.188 e. The molecular formula is C8H8Cl2O2. The van der Waals surface area contributed by atoms with Crippen molar-refractivity contribution in [2.75, 3.05) is 13.9 Å². The lowest BCUT2D eigenvalue weighted by Crippen LogP contribution is -1.98. The van der Waals surface area contributed by atoms with Gasteiger partial charge in [0.1, 0.15) is 5.75 Å². The maximum atomic E-state index is 5.79. The molecule has 0 unspecified atom stereocenters. The van der Waals surface area contributed by atoms with Gasteiger partial charge in [-0.25, -0.2) is 0 Å². The Morgan fingerprint density at radius 2 is 2.08 bits per heavy atom. The van der Waals surface area contributed by atoms with Crippen molar-refractivity contribution in [3.8, 4) is 5.75 Å². The number of hydrogen-bond acceptors (Lipinski definition) is 2. The van der Waals surface area contributed by atoms with Crippen LogP contribution in [0.1, 0.15) is 0 Å².